The van der Waals surface area contributed by atoms with Crippen LogP contribution in [0.5, 0.6) is 0 Å². The van der Waals surface area contributed by atoms with Gasteiger partial charge >= 0.3 is 5.51 Å². The lowest BCUT2D eigenvalue weighted by Gasteiger charge is -2.42. The van der Waals surface area contributed by atoms with Gasteiger partial charge in [0.05, 0.1) is 0 Å². The number of piperazine rings is 1. The molecule has 2 nitrogen and oxygen atoms in total. The summed E-state index contributed by atoms with van der Waals surface area (Å²) in [5.74, 6) is 0.594. The molecule has 6 heteroatoms. The second kappa shape index (κ2) is 7.74. The average Bonchev–Trinajstić information content (AvgIpc) is 2.27. The first-order valence-electron chi connectivity index (χ1n) is 7.01. The second-order valence-electron chi connectivity index (χ2n) is 5.49. The maximum absolute atomic E-state index is 12.2. The zero-order valence-electron chi connectivity index (χ0n) is 12.0. The minimum Gasteiger partial charge on any atom is -0.311 e. The van der Waals surface area contributed by atoms with Crippen molar-refractivity contribution >= 4 is 11.8 Å². The van der Waals surface area contributed by atoms with Crippen molar-refractivity contribution in [2.24, 2.45) is 5.92 Å². The van der Waals surface area contributed by atoms with E-state index in [0.29, 0.717) is 24.5 Å². The van der Waals surface area contributed by atoms with Crippen LogP contribution in [0.25, 0.3) is 0 Å². The highest BCUT2D eigenvalue weighted by atomic mass is 32.2. The van der Waals surface area contributed by atoms with E-state index in [-0.39, 0.29) is 17.5 Å². The van der Waals surface area contributed by atoms with Crippen LogP contribution in [0.4, 0.5) is 13.2 Å². The number of rotatable bonds is 6. The average molecular weight is 298 g/mol. The van der Waals surface area contributed by atoms with Crippen molar-refractivity contribution in [1.29, 1.82) is 0 Å². The maximum Gasteiger partial charge on any atom is 0.441 e. The normalized spacial score (nSPS) is 26.1. The Bertz CT molecular complexity index is 259. The van der Waals surface area contributed by atoms with Crippen molar-refractivity contribution in [2.45, 2.75) is 51.2 Å². The molecular weight excluding hydrogens is 273 g/mol. The van der Waals surface area contributed by atoms with E-state index in [1.807, 2.05) is 0 Å². The number of nitrogens with one attached hydrogen (secondary N) is 1. The predicted octanol–water partition coefficient (Wildman–Crippen LogP) is 3.34. The van der Waals surface area contributed by atoms with Gasteiger partial charge in [-0.2, -0.15) is 13.2 Å². The van der Waals surface area contributed by atoms with Gasteiger partial charge in [-0.1, -0.05) is 27.2 Å². The van der Waals surface area contributed by atoms with E-state index in [1.54, 1.807) is 0 Å². The molecular formula is C13H25F3N2S. The van der Waals surface area contributed by atoms with Crippen LogP contribution in [0.15, 0.2) is 0 Å². The molecule has 114 valence electrons. The van der Waals surface area contributed by atoms with E-state index in [9.17, 15) is 13.2 Å². The Morgan fingerprint density at radius 2 is 2.05 bits per heavy atom. The number of hydrogen-bond acceptors (Lipinski definition) is 3. The van der Waals surface area contributed by atoms with Crippen molar-refractivity contribution in [2.75, 3.05) is 25.4 Å². The molecule has 1 aliphatic rings. The van der Waals surface area contributed by atoms with Crippen LogP contribution in [-0.4, -0.2) is 47.9 Å². The Hall–Kier alpha value is 0.0600. The first-order valence-corrected chi connectivity index (χ1v) is 8.00. The minimum atomic E-state index is -4.11. The molecule has 1 N–H and O–H groups in total. The summed E-state index contributed by atoms with van der Waals surface area (Å²) >= 11 is 0.0935. The highest BCUT2D eigenvalue weighted by Gasteiger charge is 2.31. The topological polar surface area (TPSA) is 15.3 Å². The number of nitrogens with zero attached hydrogens (tertiary/aromatic N) is 1. The van der Waals surface area contributed by atoms with Gasteiger partial charge in [0.2, 0.25) is 0 Å². The van der Waals surface area contributed by atoms with Gasteiger partial charge in [0.15, 0.2) is 0 Å². The number of hydrogen-bond donors (Lipinski definition) is 1. The lowest BCUT2D eigenvalue weighted by molar-refractivity contribution is -0.0330. The highest BCUT2D eigenvalue weighted by Crippen LogP contribution is 2.30. The van der Waals surface area contributed by atoms with Crippen LogP contribution in [0.1, 0.15) is 33.6 Å². The Kier molecular flexibility index (Phi) is 6.97. The Morgan fingerprint density at radius 3 is 2.58 bits per heavy atom. The summed E-state index contributed by atoms with van der Waals surface area (Å²) < 4.78 is 36.6. The smallest absolute Gasteiger partial charge is 0.311 e. The first-order chi connectivity index (χ1) is 8.83. The lowest BCUT2D eigenvalue weighted by atomic mass is 9.97. The number of alkyl halides is 3. The van der Waals surface area contributed by atoms with Crippen molar-refractivity contribution in [3.63, 3.8) is 0 Å². The maximum atomic E-state index is 12.2. The monoisotopic (exact) mass is 298 g/mol. The van der Waals surface area contributed by atoms with E-state index in [1.165, 1.54) is 0 Å². The van der Waals surface area contributed by atoms with Gasteiger partial charge in [-0.15, -0.1) is 0 Å². The Morgan fingerprint density at radius 1 is 1.37 bits per heavy atom. The summed E-state index contributed by atoms with van der Waals surface area (Å²) in [5.41, 5.74) is -4.11. The quantitative estimate of drug-likeness (QED) is 0.809. The summed E-state index contributed by atoms with van der Waals surface area (Å²) in [7, 11) is 0. The third-order valence-corrected chi connectivity index (χ3v) is 4.30. The fourth-order valence-electron chi connectivity index (χ4n) is 2.63. The summed E-state index contributed by atoms with van der Waals surface area (Å²) in [4.78, 5) is 2.24. The van der Waals surface area contributed by atoms with Gasteiger partial charge in [-0.25, -0.2) is 0 Å². The standard InChI is InChI=1S/C13H25F3N2S/c1-4-5-11-9-18(6-7-19-13(14,15)16)12(8-17-11)10(2)3/h10-12,17H,4-9H2,1-3H3. The van der Waals surface area contributed by atoms with E-state index < -0.39 is 5.51 Å². The van der Waals surface area contributed by atoms with Gasteiger partial charge in [0, 0.05) is 37.5 Å². The minimum absolute atomic E-state index is 0.0935. The SMILES string of the molecule is CCCC1CN(CCSC(F)(F)F)C(C(C)C)CN1. The van der Waals surface area contributed by atoms with Gasteiger partial charge < -0.3 is 5.32 Å². The molecule has 19 heavy (non-hydrogen) atoms. The van der Waals surface area contributed by atoms with Crippen LogP contribution >= 0.6 is 11.8 Å². The molecule has 0 radical (unpaired) electrons. The van der Waals surface area contributed by atoms with Crippen molar-refractivity contribution in [3.05, 3.63) is 0 Å². The molecule has 0 saturated carbocycles. The molecule has 2 atom stereocenters. The van der Waals surface area contributed by atoms with E-state index in [2.05, 4.69) is 31.0 Å². The van der Waals surface area contributed by atoms with Gasteiger partial charge in [-0.3, -0.25) is 4.90 Å². The molecule has 0 aromatic carbocycles. The largest absolute Gasteiger partial charge is 0.441 e. The van der Waals surface area contributed by atoms with Crippen LogP contribution in [0.2, 0.25) is 0 Å². The summed E-state index contributed by atoms with van der Waals surface area (Å²) in [6, 6.07) is 0.776. The summed E-state index contributed by atoms with van der Waals surface area (Å²) in [6.45, 7) is 8.69. The van der Waals surface area contributed by atoms with Crippen molar-refractivity contribution < 1.29 is 13.2 Å². The molecule has 2 unspecified atom stereocenters. The van der Waals surface area contributed by atoms with Gasteiger partial charge in [0.1, 0.15) is 0 Å². The third-order valence-electron chi connectivity index (χ3n) is 3.59. The molecule has 0 amide bonds. The molecule has 0 aromatic rings. The van der Waals surface area contributed by atoms with Crippen molar-refractivity contribution in [1.82, 2.24) is 10.2 Å². The first kappa shape index (κ1) is 17.1. The second-order valence-corrected chi connectivity index (χ2v) is 6.65. The Balaban J connectivity index is 2.47. The molecule has 0 aromatic heterocycles. The highest BCUT2D eigenvalue weighted by molar-refractivity contribution is 8.00. The lowest BCUT2D eigenvalue weighted by Crippen LogP contribution is -2.58. The zero-order valence-corrected chi connectivity index (χ0v) is 12.8. The third kappa shape index (κ3) is 6.36. The van der Waals surface area contributed by atoms with Crippen LogP contribution in [-0.2, 0) is 0 Å². The van der Waals surface area contributed by atoms with E-state index in [4.69, 9.17) is 0 Å². The molecule has 0 spiro atoms. The van der Waals surface area contributed by atoms with Crippen LogP contribution in [0, 0.1) is 5.92 Å². The summed E-state index contributed by atoms with van der Waals surface area (Å²) in [5, 5.41) is 3.52. The fourth-order valence-corrected chi connectivity index (χ4v) is 3.19. The van der Waals surface area contributed by atoms with Gasteiger partial charge in [0.25, 0.3) is 0 Å². The molecule has 1 saturated heterocycles. The van der Waals surface area contributed by atoms with E-state index >= 15 is 0 Å². The van der Waals surface area contributed by atoms with Crippen LogP contribution in [0.3, 0.4) is 0 Å². The molecule has 0 bridgehead atoms. The Labute approximate surface area is 118 Å². The molecule has 1 aliphatic heterocycles. The summed E-state index contributed by atoms with van der Waals surface area (Å²) in [6.07, 6.45) is 2.20. The van der Waals surface area contributed by atoms with Crippen molar-refractivity contribution in [3.8, 4) is 0 Å². The van der Waals surface area contributed by atoms with Gasteiger partial charge in [-0.05, 0) is 24.1 Å². The molecule has 1 heterocycles. The number of thioether (sulfide) groups is 1. The number of halogens is 3. The zero-order chi connectivity index (χ0) is 14.5. The molecule has 1 fully saturated rings. The fraction of sp³-hybridized carbons (Fsp3) is 1.00. The predicted molar refractivity (Wildman–Crippen MR) is 75.4 cm³/mol. The van der Waals surface area contributed by atoms with E-state index in [0.717, 1.165) is 25.9 Å². The van der Waals surface area contributed by atoms with Crippen LogP contribution < -0.4 is 5.32 Å². The molecule has 0 aliphatic carbocycles. The molecule has 1 rings (SSSR count).